The number of nitrogens with zero attached hydrogens (tertiary/aromatic N) is 3. The molecule has 0 atom stereocenters. The maximum atomic E-state index is 5.88. The highest BCUT2D eigenvalue weighted by atomic mass is 35.5. The average Bonchev–Trinajstić information content (AvgIpc) is 2.26. The summed E-state index contributed by atoms with van der Waals surface area (Å²) in [5.74, 6) is 0.301. The normalized spacial score (nSPS) is 10.2. The molecule has 0 bridgehead atoms. The highest BCUT2D eigenvalue weighted by Crippen LogP contribution is 2.24. The van der Waals surface area contributed by atoms with Gasteiger partial charge >= 0.3 is 6.01 Å². The van der Waals surface area contributed by atoms with Crippen molar-refractivity contribution >= 4 is 40.8 Å². The first-order valence-corrected chi connectivity index (χ1v) is 5.61. The Bertz CT molecular complexity index is 558. The molecule has 1 heterocycles. The standard InChI is InChI=1S/C10H9Cl2N5O/c1-18-10-16-8(13)15-9(17-10)14-7-3-5(11)2-6(12)4-7/h2-4H,1H3,(H3,13,14,15,16,17). The molecule has 0 amide bonds. The fourth-order valence-corrected chi connectivity index (χ4v) is 1.80. The Labute approximate surface area is 113 Å². The number of rotatable bonds is 3. The van der Waals surface area contributed by atoms with Crippen LogP contribution in [0.3, 0.4) is 0 Å². The maximum absolute atomic E-state index is 5.88. The summed E-state index contributed by atoms with van der Waals surface area (Å²) < 4.78 is 4.89. The van der Waals surface area contributed by atoms with Crippen LogP contribution in [-0.2, 0) is 0 Å². The molecule has 0 spiro atoms. The van der Waals surface area contributed by atoms with Gasteiger partial charge in [-0.05, 0) is 18.2 Å². The van der Waals surface area contributed by atoms with E-state index < -0.39 is 0 Å². The number of hydrogen-bond donors (Lipinski definition) is 2. The second-order valence-electron chi connectivity index (χ2n) is 3.29. The van der Waals surface area contributed by atoms with Crippen LogP contribution in [0, 0.1) is 0 Å². The van der Waals surface area contributed by atoms with Crippen molar-refractivity contribution in [2.24, 2.45) is 0 Å². The lowest BCUT2D eigenvalue weighted by molar-refractivity contribution is 0.380. The van der Waals surface area contributed by atoms with Crippen molar-refractivity contribution in [2.75, 3.05) is 18.2 Å². The molecule has 94 valence electrons. The third kappa shape index (κ3) is 3.12. The number of nitrogen functional groups attached to an aromatic ring is 1. The topological polar surface area (TPSA) is 86.0 Å². The highest BCUT2D eigenvalue weighted by Gasteiger charge is 2.05. The van der Waals surface area contributed by atoms with E-state index in [4.69, 9.17) is 33.7 Å². The lowest BCUT2D eigenvalue weighted by Crippen LogP contribution is -2.05. The van der Waals surface area contributed by atoms with Crippen molar-refractivity contribution < 1.29 is 4.74 Å². The van der Waals surface area contributed by atoms with E-state index in [1.165, 1.54) is 7.11 Å². The molecule has 0 unspecified atom stereocenters. The molecule has 0 saturated heterocycles. The highest BCUT2D eigenvalue weighted by molar-refractivity contribution is 6.35. The minimum atomic E-state index is 0.0532. The molecule has 3 N–H and O–H groups in total. The first-order valence-electron chi connectivity index (χ1n) is 4.85. The van der Waals surface area contributed by atoms with Gasteiger partial charge in [-0.1, -0.05) is 23.2 Å². The molecule has 0 saturated carbocycles. The van der Waals surface area contributed by atoms with E-state index in [1.807, 2.05) is 0 Å². The van der Waals surface area contributed by atoms with Gasteiger partial charge in [-0.25, -0.2) is 0 Å². The lowest BCUT2D eigenvalue weighted by atomic mass is 10.3. The maximum Gasteiger partial charge on any atom is 0.322 e. The summed E-state index contributed by atoms with van der Waals surface area (Å²) >= 11 is 11.8. The number of hydrogen-bond acceptors (Lipinski definition) is 6. The molecule has 0 radical (unpaired) electrons. The zero-order valence-corrected chi connectivity index (χ0v) is 10.8. The Morgan fingerprint density at radius 2 is 1.78 bits per heavy atom. The van der Waals surface area contributed by atoms with Gasteiger partial charge in [0.15, 0.2) is 0 Å². The molecule has 1 aromatic carbocycles. The van der Waals surface area contributed by atoms with Crippen LogP contribution in [-0.4, -0.2) is 22.1 Å². The monoisotopic (exact) mass is 285 g/mol. The summed E-state index contributed by atoms with van der Waals surface area (Å²) in [6, 6.07) is 5.11. The van der Waals surface area contributed by atoms with Crippen molar-refractivity contribution in [3.8, 4) is 6.01 Å². The zero-order chi connectivity index (χ0) is 13.1. The zero-order valence-electron chi connectivity index (χ0n) is 9.32. The van der Waals surface area contributed by atoms with Crippen LogP contribution in [0.5, 0.6) is 6.01 Å². The predicted molar refractivity (Wildman–Crippen MR) is 70.5 cm³/mol. The SMILES string of the molecule is COc1nc(N)nc(Nc2cc(Cl)cc(Cl)c2)n1. The van der Waals surface area contributed by atoms with E-state index in [-0.39, 0.29) is 17.9 Å². The second-order valence-corrected chi connectivity index (χ2v) is 4.16. The van der Waals surface area contributed by atoms with E-state index in [2.05, 4.69) is 20.3 Å². The van der Waals surface area contributed by atoms with E-state index >= 15 is 0 Å². The van der Waals surface area contributed by atoms with Crippen molar-refractivity contribution in [1.29, 1.82) is 0 Å². The first-order chi connectivity index (χ1) is 8.56. The van der Waals surface area contributed by atoms with Gasteiger partial charge in [-0.3, -0.25) is 0 Å². The fourth-order valence-electron chi connectivity index (χ4n) is 1.27. The van der Waals surface area contributed by atoms with Crippen molar-refractivity contribution in [3.05, 3.63) is 28.2 Å². The molecule has 0 aliphatic heterocycles. The van der Waals surface area contributed by atoms with Gasteiger partial charge in [-0.15, -0.1) is 0 Å². The van der Waals surface area contributed by atoms with Crippen LogP contribution >= 0.6 is 23.2 Å². The van der Waals surface area contributed by atoms with Crippen molar-refractivity contribution in [1.82, 2.24) is 15.0 Å². The third-order valence-corrected chi connectivity index (χ3v) is 2.37. The Hall–Kier alpha value is -1.79. The van der Waals surface area contributed by atoms with Gasteiger partial charge in [0, 0.05) is 15.7 Å². The average molecular weight is 286 g/mol. The van der Waals surface area contributed by atoms with E-state index in [0.29, 0.717) is 15.7 Å². The fraction of sp³-hybridized carbons (Fsp3) is 0.100. The van der Waals surface area contributed by atoms with Crippen LogP contribution in [0.2, 0.25) is 10.0 Å². The Balaban J connectivity index is 2.30. The van der Waals surface area contributed by atoms with Gasteiger partial charge in [0.2, 0.25) is 11.9 Å². The summed E-state index contributed by atoms with van der Waals surface area (Å²) in [7, 11) is 1.44. The quantitative estimate of drug-likeness (QED) is 0.901. The number of benzene rings is 1. The Morgan fingerprint density at radius 3 is 2.39 bits per heavy atom. The van der Waals surface area contributed by atoms with Gasteiger partial charge in [0.25, 0.3) is 0 Å². The molecule has 18 heavy (non-hydrogen) atoms. The minimum absolute atomic E-state index is 0.0532. The summed E-state index contributed by atoms with van der Waals surface area (Å²) in [6.45, 7) is 0. The van der Waals surface area contributed by atoms with Gasteiger partial charge in [0.1, 0.15) is 0 Å². The molecule has 6 nitrogen and oxygen atoms in total. The summed E-state index contributed by atoms with van der Waals surface area (Å²) in [5, 5.41) is 3.91. The number of ether oxygens (including phenoxy) is 1. The molecule has 0 aliphatic carbocycles. The van der Waals surface area contributed by atoms with Crippen LogP contribution in [0.15, 0.2) is 18.2 Å². The minimum Gasteiger partial charge on any atom is -0.467 e. The van der Waals surface area contributed by atoms with Gasteiger partial charge in [0.05, 0.1) is 7.11 Å². The number of halogens is 2. The molecule has 2 rings (SSSR count). The van der Waals surface area contributed by atoms with Crippen molar-refractivity contribution in [3.63, 3.8) is 0 Å². The number of nitrogens with one attached hydrogen (secondary N) is 1. The van der Waals surface area contributed by atoms with E-state index in [9.17, 15) is 0 Å². The van der Waals surface area contributed by atoms with Crippen LogP contribution in [0.25, 0.3) is 0 Å². The number of anilines is 3. The predicted octanol–water partition coefficient (Wildman–Crippen LogP) is 2.51. The Kier molecular flexibility index (Phi) is 3.69. The largest absolute Gasteiger partial charge is 0.467 e. The summed E-state index contributed by atoms with van der Waals surface area (Å²) in [4.78, 5) is 11.7. The van der Waals surface area contributed by atoms with Gasteiger partial charge < -0.3 is 15.8 Å². The van der Waals surface area contributed by atoms with Gasteiger partial charge in [-0.2, -0.15) is 15.0 Å². The molecule has 1 aromatic heterocycles. The smallest absolute Gasteiger partial charge is 0.322 e. The molecular weight excluding hydrogens is 277 g/mol. The second kappa shape index (κ2) is 5.24. The van der Waals surface area contributed by atoms with E-state index in [0.717, 1.165) is 0 Å². The number of aromatic nitrogens is 3. The molecule has 8 heteroatoms. The van der Waals surface area contributed by atoms with Crippen LogP contribution < -0.4 is 15.8 Å². The Morgan fingerprint density at radius 1 is 1.11 bits per heavy atom. The van der Waals surface area contributed by atoms with E-state index in [1.54, 1.807) is 18.2 Å². The summed E-state index contributed by atoms with van der Waals surface area (Å²) in [5.41, 5.74) is 6.15. The molecule has 0 fully saturated rings. The molecule has 2 aromatic rings. The molecule has 0 aliphatic rings. The van der Waals surface area contributed by atoms with Crippen LogP contribution in [0.1, 0.15) is 0 Å². The lowest BCUT2D eigenvalue weighted by Gasteiger charge is -2.07. The van der Waals surface area contributed by atoms with Crippen molar-refractivity contribution in [2.45, 2.75) is 0 Å². The summed E-state index contributed by atoms with van der Waals surface area (Å²) in [6.07, 6.45) is 0. The number of methoxy groups -OCH3 is 1. The first kappa shape index (κ1) is 12.7. The molecular formula is C10H9Cl2N5O. The van der Waals surface area contributed by atoms with Crippen LogP contribution in [0.4, 0.5) is 17.6 Å². The third-order valence-electron chi connectivity index (χ3n) is 1.93. The number of nitrogens with two attached hydrogens (primary N) is 1.